The number of carbonyl (C=O) groups excluding carboxylic acids is 1. The van der Waals surface area contributed by atoms with Gasteiger partial charge in [-0.3, -0.25) is 4.79 Å². The molecule has 0 bridgehead atoms. The zero-order chi connectivity index (χ0) is 14.7. The van der Waals surface area contributed by atoms with E-state index >= 15 is 0 Å². The van der Waals surface area contributed by atoms with Gasteiger partial charge < -0.3 is 10.7 Å². The topological polar surface area (TPSA) is 80.0 Å². The molecule has 0 unspecified atom stereocenters. The van der Waals surface area contributed by atoms with E-state index in [9.17, 15) is 9.18 Å². The second kappa shape index (κ2) is 5.85. The molecule has 0 spiro atoms. The van der Waals surface area contributed by atoms with E-state index < -0.39 is 11.7 Å². The van der Waals surface area contributed by atoms with Gasteiger partial charge in [-0.15, -0.1) is 0 Å². The Morgan fingerprint density at radius 3 is 2.75 bits per heavy atom. The number of amides is 1. The lowest BCUT2D eigenvalue weighted by Crippen LogP contribution is -2.15. The van der Waals surface area contributed by atoms with Crippen LogP contribution < -0.4 is 16.6 Å². The highest BCUT2D eigenvalue weighted by Gasteiger charge is 2.10. The first kappa shape index (κ1) is 14.2. The van der Waals surface area contributed by atoms with Crippen molar-refractivity contribution in [2.45, 2.75) is 6.92 Å². The number of aromatic nitrogens is 1. The van der Waals surface area contributed by atoms with Crippen molar-refractivity contribution in [1.82, 2.24) is 4.98 Å². The molecule has 1 aromatic heterocycles. The monoisotopic (exact) mass is 294 g/mol. The third-order valence-corrected chi connectivity index (χ3v) is 2.85. The maximum absolute atomic E-state index is 13.3. The summed E-state index contributed by atoms with van der Waals surface area (Å²) in [6, 6.07) is 7.13. The van der Waals surface area contributed by atoms with Crippen molar-refractivity contribution >= 4 is 29.0 Å². The van der Waals surface area contributed by atoms with Crippen LogP contribution >= 0.6 is 11.6 Å². The van der Waals surface area contributed by atoms with Crippen LogP contribution in [0.4, 0.5) is 15.9 Å². The van der Waals surface area contributed by atoms with Crippen molar-refractivity contribution in [3.8, 4) is 0 Å². The number of hydrazine groups is 1. The van der Waals surface area contributed by atoms with Crippen molar-refractivity contribution in [3.63, 3.8) is 0 Å². The number of nitrogens with two attached hydrogens (primary N) is 1. The normalized spacial score (nSPS) is 10.2. The molecule has 2 aromatic rings. The van der Waals surface area contributed by atoms with Crippen LogP contribution in [0.3, 0.4) is 0 Å². The SMILES string of the molecule is Cc1cc(C(=O)Nc2ccc(Cl)c(F)c2)cc(NN)n1. The molecule has 0 saturated heterocycles. The molecule has 0 fully saturated rings. The summed E-state index contributed by atoms with van der Waals surface area (Å²) in [5.74, 6) is 4.65. The number of aryl methyl sites for hydroxylation is 1. The second-order valence-electron chi connectivity index (χ2n) is 4.11. The Morgan fingerprint density at radius 1 is 1.35 bits per heavy atom. The van der Waals surface area contributed by atoms with Crippen molar-refractivity contribution in [2.24, 2.45) is 5.84 Å². The number of anilines is 2. The Labute approximate surface area is 119 Å². The summed E-state index contributed by atoms with van der Waals surface area (Å²) in [4.78, 5) is 16.1. The van der Waals surface area contributed by atoms with Crippen LogP contribution in [0, 0.1) is 12.7 Å². The van der Waals surface area contributed by atoms with E-state index in [2.05, 4.69) is 15.7 Å². The first-order chi connectivity index (χ1) is 9.49. The number of nitrogens with one attached hydrogen (secondary N) is 2. The average Bonchev–Trinajstić information content (AvgIpc) is 2.42. The van der Waals surface area contributed by atoms with Crippen LogP contribution in [0.1, 0.15) is 16.1 Å². The number of nitrogen functional groups attached to an aromatic ring is 1. The van der Waals surface area contributed by atoms with Crippen LogP contribution in [-0.4, -0.2) is 10.9 Å². The number of hydrogen-bond acceptors (Lipinski definition) is 4. The quantitative estimate of drug-likeness (QED) is 0.600. The molecule has 20 heavy (non-hydrogen) atoms. The van der Waals surface area contributed by atoms with E-state index in [1.165, 1.54) is 18.2 Å². The van der Waals surface area contributed by atoms with E-state index in [0.717, 1.165) is 6.07 Å². The van der Waals surface area contributed by atoms with E-state index in [-0.39, 0.29) is 5.02 Å². The zero-order valence-corrected chi connectivity index (χ0v) is 11.3. The second-order valence-corrected chi connectivity index (χ2v) is 4.52. The summed E-state index contributed by atoms with van der Waals surface area (Å²) < 4.78 is 13.3. The van der Waals surface area contributed by atoms with Gasteiger partial charge in [0.05, 0.1) is 5.02 Å². The molecule has 0 radical (unpaired) electrons. The summed E-state index contributed by atoms with van der Waals surface area (Å²) in [5, 5.41) is 2.57. The Morgan fingerprint density at radius 2 is 2.10 bits per heavy atom. The van der Waals surface area contributed by atoms with Crippen LogP contribution in [-0.2, 0) is 0 Å². The summed E-state index contributed by atoms with van der Waals surface area (Å²) >= 11 is 5.58. The van der Waals surface area contributed by atoms with Gasteiger partial charge in [-0.1, -0.05) is 11.6 Å². The Balaban J connectivity index is 2.23. The fourth-order valence-corrected chi connectivity index (χ4v) is 1.77. The van der Waals surface area contributed by atoms with Gasteiger partial charge >= 0.3 is 0 Å². The van der Waals surface area contributed by atoms with Gasteiger partial charge in [-0.05, 0) is 37.3 Å². The van der Waals surface area contributed by atoms with Gasteiger partial charge in [0.15, 0.2) is 0 Å². The molecule has 5 nitrogen and oxygen atoms in total. The van der Waals surface area contributed by atoms with Crippen LogP contribution in [0.25, 0.3) is 0 Å². The molecular formula is C13H12ClFN4O. The smallest absolute Gasteiger partial charge is 0.255 e. The van der Waals surface area contributed by atoms with Gasteiger partial charge in [-0.25, -0.2) is 15.2 Å². The average molecular weight is 295 g/mol. The lowest BCUT2D eigenvalue weighted by Gasteiger charge is -2.08. The minimum atomic E-state index is -0.598. The molecule has 0 aliphatic rings. The van der Waals surface area contributed by atoms with Crippen LogP contribution in [0.15, 0.2) is 30.3 Å². The van der Waals surface area contributed by atoms with E-state index in [1.807, 2.05) is 0 Å². The van der Waals surface area contributed by atoms with Gasteiger partial charge in [-0.2, -0.15) is 0 Å². The predicted octanol–water partition coefficient (Wildman–Crippen LogP) is 2.72. The van der Waals surface area contributed by atoms with E-state index in [4.69, 9.17) is 17.4 Å². The summed E-state index contributed by atoms with van der Waals surface area (Å²) in [6.07, 6.45) is 0. The molecular weight excluding hydrogens is 283 g/mol. The van der Waals surface area contributed by atoms with Crippen molar-refractivity contribution in [3.05, 3.63) is 52.4 Å². The van der Waals surface area contributed by atoms with Crippen LogP contribution in [0.5, 0.6) is 0 Å². The third-order valence-electron chi connectivity index (χ3n) is 2.54. The Hall–Kier alpha value is -2.18. The molecule has 2 rings (SSSR count). The highest BCUT2D eigenvalue weighted by Crippen LogP contribution is 2.19. The highest BCUT2D eigenvalue weighted by atomic mass is 35.5. The largest absolute Gasteiger partial charge is 0.322 e. The standard InChI is InChI=1S/C13H12ClFN4O/c1-7-4-8(5-12(17-7)19-16)13(20)18-9-2-3-10(14)11(15)6-9/h2-6H,16H2,1H3,(H,17,19)(H,18,20). The lowest BCUT2D eigenvalue weighted by molar-refractivity contribution is 0.102. The minimum absolute atomic E-state index is 0.00243. The Kier molecular flexibility index (Phi) is 4.16. The molecule has 1 amide bonds. The summed E-state index contributed by atoms with van der Waals surface area (Å²) in [5.41, 5.74) is 3.68. The molecule has 0 saturated carbocycles. The molecule has 0 atom stereocenters. The number of rotatable bonds is 3. The first-order valence-electron chi connectivity index (χ1n) is 5.71. The predicted molar refractivity (Wildman–Crippen MR) is 76.1 cm³/mol. The fourth-order valence-electron chi connectivity index (χ4n) is 1.65. The number of pyridine rings is 1. The molecule has 0 aliphatic carbocycles. The third kappa shape index (κ3) is 3.23. The number of hydrogen-bond donors (Lipinski definition) is 3. The summed E-state index contributed by atoms with van der Waals surface area (Å²) in [6.45, 7) is 1.74. The van der Waals surface area contributed by atoms with Crippen molar-refractivity contribution in [1.29, 1.82) is 0 Å². The van der Waals surface area contributed by atoms with Crippen molar-refractivity contribution < 1.29 is 9.18 Å². The van der Waals surface area contributed by atoms with E-state index in [1.54, 1.807) is 13.0 Å². The maximum atomic E-state index is 13.3. The van der Waals surface area contributed by atoms with Gasteiger partial charge in [0, 0.05) is 16.9 Å². The number of carbonyl (C=O) groups is 1. The van der Waals surface area contributed by atoms with Crippen LogP contribution in [0.2, 0.25) is 5.02 Å². The summed E-state index contributed by atoms with van der Waals surface area (Å²) in [7, 11) is 0. The molecule has 0 aliphatic heterocycles. The maximum Gasteiger partial charge on any atom is 0.255 e. The van der Waals surface area contributed by atoms with Gasteiger partial charge in [0.25, 0.3) is 5.91 Å². The first-order valence-corrected chi connectivity index (χ1v) is 6.09. The van der Waals surface area contributed by atoms with Gasteiger partial charge in [0.1, 0.15) is 11.6 Å². The molecule has 1 aromatic carbocycles. The number of halogens is 2. The van der Waals surface area contributed by atoms with E-state index in [0.29, 0.717) is 22.8 Å². The Bertz CT molecular complexity index is 663. The zero-order valence-electron chi connectivity index (χ0n) is 10.6. The fraction of sp³-hybridized carbons (Fsp3) is 0.0769. The molecule has 4 N–H and O–H groups in total. The minimum Gasteiger partial charge on any atom is -0.322 e. The van der Waals surface area contributed by atoms with Crippen molar-refractivity contribution in [2.75, 3.05) is 10.7 Å². The molecule has 1 heterocycles. The lowest BCUT2D eigenvalue weighted by atomic mass is 10.2. The number of benzene rings is 1. The molecule has 104 valence electrons. The number of nitrogens with zero attached hydrogens (tertiary/aromatic N) is 1. The highest BCUT2D eigenvalue weighted by molar-refractivity contribution is 6.30. The van der Waals surface area contributed by atoms with Gasteiger partial charge in [0.2, 0.25) is 0 Å². The molecule has 7 heteroatoms.